The molecule has 5 nitrogen and oxygen atoms in total. The van der Waals surface area contributed by atoms with Crippen molar-refractivity contribution in [3.63, 3.8) is 0 Å². The summed E-state index contributed by atoms with van der Waals surface area (Å²) in [6.45, 7) is 8.45. The molecule has 5 heteroatoms. The number of unbranched alkanes of at least 4 members (excludes halogenated alkanes) is 3. The summed E-state index contributed by atoms with van der Waals surface area (Å²) >= 11 is 0. The van der Waals surface area contributed by atoms with Crippen LogP contribution in [0.15, 0.2) is 90.2 Å². The lowest BCUT2D eigenvalue weighted by Crippen LogP contribution is -2.38. The first kappa shape index (κ1) is 30.4. The van der Waals surface area contributed by atoms with Crippen molar-refractivity contribution in [2.45, 2.75) is 83.3 Å². The summed E-state index contributed by atoms with van der Waals surface area (Å²) in [4.78, 5) is 15.4. The minimum absolute atomic E-state index is 0.104. The van der Waals surface area contributed by atoms with Crippen LogP contribution in [0.4, 0.5) is 5.69 Å². The summed E-state index contributed by atoms with van der Waals surface area (Å²) in [5.41, 5.74) is 11.7. The predicted molar refractivity (Wildman–Crippen MR) is 184 cm³/mol. The maximum atomic E-state index is 13.0. The first-order chi connectivity index (χ1) is 22.4. The van der Waals surface area contributed by atoms with Gasteiger partial charge < -0.3 is 19.1 Å². The molecule has 3 aromatic carbocycles. The van der Waals surface area contributed by atoms with Crippen LogP contribution < -0.4 is 9.64 Å². The van der Waals surface area contributed by atoms with E-state index in [4.69, 9.17) is 14.2 Å². The number of allylic oxidation sites excluding steroid dienone is 2. The molecule has 0 spiro atoms. The molecule has 2 aliphatic carbocycles. The predicted octanol–water partition coefficient (Wildman–Crippen LogP) is 9.26. The minimum Gasteiger partial charge on any atom is -0.495 e. The molecule has 0 bridgehead atoms. The molecule has 0 amide bonds. The van der Waals surface area contributed by atoms with Gasteiger partial charge >= 0.3 is 5.97 Å². The fraction of sp³-hybridized carbons (Fsp3) is 0.390. The third-order valence-corrected chi connectivity index (χ3v) is 10.4. The molecule has 0 aromatic heterocycles. The normalized spacial score (nSPS) is 19.4. The third-order valence-electron chi connectivity index (χ3n) is 10.4. The van der Waals surface area contributed by atoms with Gasteiger partial charge in [0.1, 0.15) is 18.0 Å². The summed E-state index contributed by atoms with van der Waals surface area (Å²) in [5.74, 6) is 0.616. The van der Waals surface area contributed by atoms with E-state index in [1.807, 2.05) is 18.2 Å². The Morgan fingerprint density at radius 2 is 1.76 bits per heavy atom. The highest BCUT2D eigenvalue weighted by Gasteiger charge is 2.46. The highest BCUT2D eigenvalue weighted by Crippen LogP contribution is 2.59. The Hall–Kier alpha value is -4.25. The average molecular weight is 616 g/mol. The number of rotatable bonds is 9. The topological polar surface area (TPSA) is 48.0 Å². The zero-order chi connectivity index (χ0) is 31.8. The fourth-order valence-corrected chi connectivity index (χ4v) is 7.92. The lowest BCUT2D eigenvalue weighted by molar-refractivity contribution is 0.0245. The molecule has 1 atom stereocenters. The molecule has 3 aromatic rings. The molecule has 4 aliphatic rings. The second-order valence-electron chi connectivity index (χ2n) is 13.6. The number of carbonyl (C=O) groups excluding carboxylic acids is 1. The Kier molecular flexibility index (Phi) is 8.27. The molecule has 0 radical (unpaired) electrons. The number of ether oxygens (including phenoxy) is 3. The van der Waals surface area contributed by atoms with Crippen LogP contribution in [-0.4, -0.2) is 32.3 Å². The second kappa shape index (κ2) is 12.5. The number of carbonyl (C=O) groups is 1. The van der Waals surface area contributed by atoms with Gasteiger partial charge in [0.05, 0.1) is 24.6 Å². The van der Waals surface area contributed by atoms with E-state index < -0.39 is 0 Å². The number of methoxy groups -OCH3 is 1. The van der Waals surface area contributed by atoms with Crippen LogP contribution in [0.25, 0.3) is 5.57 Å². The van der Waals surface area contributed by atoms with Crippen LogP contribution in [0.3, 0.4) is 0 Å². The Morgan fingerprint density at radius 3 is 2.52 bits per heavy atom. The maximum absolute atomic E-state index is 13.0. The van der Waals surface area contributed by atoms with Crippen LogP contribution in [0.2, 0.25) is 0 Å². The molecule has 0 saturated carbocycles. The quantitative estimate of drug-likeness (QED) is 0.177. The van der Waals surface area contributed by atoms with Crippen LogP contribution >= 0.6 is 0 Å². The number of esters is 1. The molecule has 2 heterocycles. The third kappa shape index (κ3) is 5.34. The second-order valence-corrected chi connectivity index (χ2v) is 13.6. The Labute approximate surface area is 273 Å². The van der Waals surface area contributed by atoms with Crippen molar-refractivity contribution in [2.75, 3.05) is 25.1 Å². The van der Waals surface area contributed by atoms with Crippen molar-refractivity contribution in [2.24, 2.45) is 0 Å². The number of hydrogen-bond donors (Lipinski definition) is 0. The number of hydrogen-bond acceptors (Lipinski definition) is 5. The highest BCUT2D eigenvalue weighted by molar-refractivity contribution is 5.97. The van der Waals surface area contributed by atoms with Crippen molar-refractivity contribution in [3.05, 3.63) is 124 Å². The molecule has 238 valence electrons. The average Bonchev–Trinajstić information content (AvgIpc) is 3.33. The van der Waals surface area contributed by atoms with Gasteiger partial charge in [0.2, 0.25) is 0 Å². The van der Waals surface area contributed by atoms with Gasteiger partial charge in [0.15, 0.2) is 0 Å². The van der Waals surface area contributed by atoms with E-state index in [0.717, 1.165) is 49.4 Å². The summed E-state index contributed by atoms with van der Waals surface area (Å²) in [6.07, 6.45) is 13.3. The van der Waals surface area contributed by atoms with E-state index in [0.29, 0.717) is 5.56 Å². The first-order valence-electron chi connectivity index (χ1n) is 17.0. The van der Waals surface area contributed by atoms with Gasteiger partial charge in [-0.25, -0.2) is 4.79 Å². The molecular weight excluding hydrogens is 570 g/mol. The van der Waals surface area contributed by atoms with E-state index in [2.05, 4.69) is 80.3 Å². The van der Waals surface area contributed by atoms with E-state index in [1.165, 1.54) is 64.7 Å². The Balaban J connectivity index is 1.10. The maximum Gasteiger partial charge on any atom is 0.338 e. The molecule has 1 saturated heterocycles. The SMILES string of the molecule is CCCCCCc1ccc(C(=O)OC2CCN(c3cc4c(cc3OC)C3OC=CC=C3C3=C4c4ccccc4C3(C)C)CC2)cc1. The van der Waals surface area contributed by atoms with Gasteiger partial charge in [0.25, 0.3) is 0 Å². The molecule has 46 heavy (non-hydrogen) atoms. The largest absolute Gasteiger partial charge is 0.495 e. The number of benzene rings is 3. The summed E-state index contributed by atoms with van der Waals surface area (Å²) in [7, 11) is 1.75. The van der Waals surface area contributed by atoms with Crippen LogP contribution in [-0.2, 0) is 21.3 Å². The standard InChI is InChI=1S/C41H45NO4/c1-5-6-7-8-12-27-16-18-28(19-17-27)40(43)46-29-20-22-42(23-21-29)35-25-32-33(26-36(35)44-4)39-31(14-11-24-45-39)38-37(32)30-13-9-10-15-34(30)41(38,2)3/h9-11,13-19,24-26,29,39H,5-8,12,20-23H2,1-4H3. The number of piperidine rings is 1. The smallest absolute Gasteiger partial charge is 0.338 e. The fourth-order valence-electron chi connectivity index (χ4n) is 7.92. The minimum atomic E-state index is -0.227. The molecule has 0 N–H and O–H groups in total. The summed E-state index contributed by atoms with van der Waals surface area (Å²) in [5, 5.41) is 0. The van der Waals surface area contributed by atoms with Gasteiger partial charge in [-0.15, -0.1) is 0 Å². The summed E-state index contributed by atoms with van der Waals surface area (Å²) in [6, 6.07) is 21.3. The van der Waals surface area contributed by atoms with E-state index in [1.54, 1.807) is 13.4 Å². The molecule has 1 unspecified atom stereocenters. The van der Waals surface area contributed by atoms with Gasteiger partial charge in [-0.05, 0) is 76.6 Å². The van der Waals surface area contributed by atoms with Gasteiger partial charge in [-0.2, -0.15) is 0 Å². The number of aryl methyl sites for hydroxylation is 1. The van der Waals surface area contributed by atoms with E-state index in [-0.39, 0.29) is 23.6 Å². The molecule has 7 rings (SSSR count). The highest BCUT2D eigenvalue weighted by atomic mass is 16.5. The van der Waals surface area contributed by atoms with Gasteiger partial charge in [-0.1, -0.05) is 82.5 Å². The van der Waals surface area contributed by atoms with Crippen LogP contribution in [0.1, 0.15) is 104 Å². The van der Waals surface area contributed by atoms with E-state index >= 15 is 0 Å². The molecular formula is C41H45NO4. The van der Waals surface area contributed by atoms with Crippen molar-refractivity contribution in [3.8, 4) is 5.75 Å². The van der Waals surface area contributed by atoms with Gasteiger partial charge in [-0.3, -0.25) is 0 Å². The zero-order valence-corrected chi connectivity index (χ0v) is 27.6. The lowest BCUT2D eigenvalue weighted by Gasteiger charge is -2.38. The Morgan fingerprint density at radius 1 is 0.978 bits per heavy atom. The number of nitrogens with zero attached hydrogens (tertiary/aromatic N) is 1. The zero-order valence-electron chi connectivity index (χ0n) is 27.6. The van der Waals surface area contributed by atoms with Crippen molar-refractivity contribution >= 4 is 17.2 Å². The monoisotopic (exact) mass is 615 g/mol. The van der Waals surface area contributed by atoms with Gasteiger partial charge in [0, 0.05) is 42.5 Å². The van der Waals surface area contributed by atoms with Crippen molar-refractivity contribution < 1.29 is 19.0 Å². The number of anilines is 1. The van der Waals surface area contributed by atoms with Crippen LogP contribution in [0, 0.1) is 0 Å². The van der Waals surface area contributed by atoms with Crippen molar-refractivity contribution in [1.82, 2.24) is 0 Å². The van der Waals surface area contributed by atoms with E-state index in [9.17, 15) is 4.79 Å². The molecule has 2 aliphatic heterocycles. The Bertz CT molecular complexity index is 1720. The first-order valence-corrected chi connectivity index (χ1v) is 17.0. The van der Waals surface area contributed by atoms with Crippen molar-refractivity contribution in [1.29, 1.82) is 0 Å². The molecule has 1 fully saturated rings. The lowest BCUT2D eigenvalue weighted by atomic mass is 9.72. The van der Waals surface area contributed by atoms with Crippen LogP contribution in [0.5, 0.6) is 5.75 Å². The summed E-state index contributed by atoms with van der Waals surface area (Å²) < 4.78 is 18.3. The number of fused-ring (bicyclic) bond motifs is 7.